The standard InChI is InChI=1S/C11H11NS.C2H6/c1-4-9-6-5-7-10-11(9)8(2)13-12(10)3;1-2/h4-7H,1-2H2,3H3;1-2H3. The second-order valence-electron chi connectivity index (χ2n) is 2.96. The van der Waals surface area contributed by atoms with Crippen LogP contribution < -0.4 is 4.31 Å². The predicted octanol–water partition coefficient (Wildman–Crippen LogP) is 4.42. The van der Waals surface area contributed by atoms with E-state index in [1.807, 2.05) is 26.0 Å². The highest BCUT2D eigenvalue weighted by Gasteiger charge is 2.21. The van der Waals surface area contributed by atoms with E-state index in [1.165, 1.54) is 16.8 Å². The van der Waals surface area contributed by atoms with Gasteiger partial charge in [0.2, 0.25) is 0 Å². The van der Waals surface area contributed by atoms with Crippen molar-refractivity contribution in [3.63, 3.8) is 0 Å². The van der Waals surface area contributed by atoms with Crippen LogP contribution >= 0.6 is 11.9 Å². The molecular formula is C13H17NS. The van der Waals surface area contributed by atoms with Crippen LogP contribution in [0.25, 0.3) is 11.0 Å². The van der Waals surface area contributed by atoms with Crippen molar-refractivity contribution in [1.29, 1.82) is 0 Å². The van der Waals surface area contributed by atoms with Crippen molar-refractivity contribution in [1.82, 2.24) is 0 Å². The van der Waals surface area contributed by atoms with Crippen molar-refractivity contribution >= 4 is 28.6 Å². The van der Waals surface area contributed by atoms with Gasteiger partial charge in [-0.15, -0.1) is 0 Å². The number of anilines is 1. The van der Waals surface area contributed by atoms with Crippen molar-refractivity contribution in [3.05, 3.63) is 42.5 Å². The highest BCUT2D eigenvalue weighted by atomic mass is 32.2. The average molecular weight is 219 g/mol. The zero-order valence-electron chi connectivity index (χ0n) is 9.58. The summed E-state index contributed by atoms with van der Waals surface area (Å²) < 4.78 is 2.13. The van der Waals surface area contributed by atoms with Crippen LogP contribution in [-0.2, 0) is 0 Å². The molecule has 0 radical (unpaired) electrons. The van der Waals surface area contributed by atoms with E-state index in [0.29, 0.717) is 0 Å². The summed E-state index contributed by atoms with van der Waals surface area (Å²) in [5, 5.41) is 0. The Morgan fingerprint density at radius 3 is 2.60 bits per heavy atom. The first-order chi connectivity index (χ1) is 7.24. The largest absolute Gasteiger partial charge is 0.315 e. The first kappa shape index (κ1) is 11.9. The fourth-order valence-electron chi connectivity index (χ4n) is 1.55. The SMILES string of the molecule is C=Cc1cccc2c1C(=C)SN2C.CC. The van der Waals surface area contributed by atoms with Gasteiger partial charge < -0.3 is 4.31 Å². The molecule has 1 aromatic rings. The van der Waals surface area contributed by atoms with Crippen molar-refractivity contribution in [2.45, 2.75) is 13.8 Å². The second kappa shape index (κ2) is 5.08. The summed E-state index contributed by atoms with van der Waals surface area (Å²) in [6, 6.07) is 6.22. The molecule has 0 spiro atoms. The predicted molar refractivity (Wildman–Crippen MR) is 72.9 cm³/mol. The Morgan fingerprint density at radius 1 is 1.33 bits per heavy atom. The molecule has 80 valence electrons. The Bertz CT molecular complexity index is 382. The fourth-order valence-corrected chi connectivity index (χ4v) is 2.45. The first-order valence-corrected chi connectivity index (χ1v) is 5.88. The maximum atomic E-state index is 4.03. The van der Waals surface area contributed by atoms with E-state index in [4.69, 9.17) is 0 Å². The minimum atomic E-state index is 1.10. The maximum Gasteiger partial charge on any atom is 0.0559 e. The lowest BCUT2D eigenvalue weighted by molar-refractivity contribution is 1.37. The summed E-state index contributed by atoms with van der Waals surface area (Å²) in [4.78, 5) is 1.10. The topological polar surface area (TPSA) is 3.24 Å². The van der Waals surface area contributed by atoms with E-state index in [2.05, 4.69) is 36.6 Å². The van der Waals surface area contributed by atoms with Crippen LogP contribution in [0.4, 0.5) is 5.69 Å². The van der Waals surface area contributed by atoms with Crippen molar-refractivity contribution in [3.8, 4) is 0 Å². The maximum absolute atomic E-state index is 4.03. The first-order valence-electron chi connectivity index (χ1n) is 5.10. The molecule has 0 saturated carbocycles. The Balaban J connectivity index is 0.000000531. The summed E-state index contributed by atoms with van der Waals surface area (Å²) in [6.07, 6.45) is 1.88. The third-order valence-electron chi connectivity index (χ3n) is 2.16. The molecule has 1 nitrogen and oxygen atoms in total. The lowest BCUT2D eigenvalue weighted by Crippen LogP contribution is -2.00. The molecule has 0 bridgehead atoms. The van der Waals surface area contributed by atoms with E-state index in [-0.39, 0.29) is 0 Å². The minimum Gasteiger partial charge on any atom is -0.315 e. The number of benzene rings is 1. The van der Waals surface area contributed by atoms with Crippen molar-refractivity contribution < 1.29 is 0 Å². The molecule has 1 aromatic carbocycles. The van der Waals surface area contributed by atoms with Gasteiger partial charge in [-0.3, -0.25) is 0 Å². The van der Waals surface area contributed by atoms with E-state index in [1.54, 1.807) is 11.9 Å². The van der Waals surface area contributed by atoms with Gasteiger partial charge in [-0.25, -0.2) is 0 Å². The molecule has 2 heteroatoms. The van der Waals surface area contributed by atoms with Gasteiger partial charge in [-0.1, -0.05) is 45.2 Å². The van der Waals surface area contributed by atoms with Crippen LogP contribution in [0.5, 0.6) is 0 Å². The fraction of sp³-hybridized carbons (Fsp3) is 0.231. The molecule has 0 aliphatic carbocycles. The molecule has 0 N–H and O–H groups in total. The molecule has 0 saturated heterocycles. The Morgan fingerprint density at radius 2 is 2.00 bits per heavy atom. The van der Waals surface area contributed by atoms with E-state index in [0.717, 1.165) is 4.91 Å². The number of nitrogens with zero attached hydrogens (tertiary/aromatic N) is 1. The van der Waals surface area contributed by atoms with Gasteiger partial charge in [-0.05, 0) is 23.6 Å². The number of fused-ring (bicyclic) bond motifs is 1. The molecule has 15 heavy (non-hydrogen) atoms. The molecule has 0 atom stereocenters. The van der Waals surface area contributed by atoms with Crippen LogP contribution in [0.3, 0.4) is 0 Å². The molecule has 0 unspecified atom stereocenters. The van der Waals surface area contributed by atoms with Crippen LogP contribution in [0.15, 0.2) is 31.4 Å². The molecule has 0 fully saturated rings. The van der Waals surface area contributed by atoms with Crippen LogP contribution in [0, 0.1) is 0 Å². The molecule has 1 heterocycles. The Hall–Kier alpha value is -1.15. The third-order valence-corrected chi connectivity index (χ3v) is 3.05. The third kappa shape index (κ3) is 2.10. The summed E-state index contributed by atoms with van der Waals surface area (Å²) in [7, 11) is 2.05. The zero-order chi connectivity index (χ0) is 11.4. The lowest BCUT2D eigenvalue weighted by Gasteiger charge is -2.09. The van der Waals surface area contributed by atoms with Gasteiger partial charge in [0, 0.05) is 17.5 Å². The van der Waals surface area contributed by atoms with Gasteiger partial charge in [0.25, 0.3) is 0 Å². The minimum absolute atomic E-state index is 1.10. The lowest BCUT2D eigenvalue weighted by atomic mass is 10.1. The molecule has 2 rings (SSSR count). The number of hydrogen-bond acceptors (Lipinski definition) is 2. The highest BCUT2D eigenvalue weighted by Crippen LogP contribution is 2.46. The summed E-state index contributed by atoms with van der Waals surface area (Å²) in [5.41, 5.74) is 3.62. The molecule has 0 amide bonds. The Labute approximate surface area is 96.6 Å². The second-order valence-corrected chi connectivity index (χ2v) is 4.18. The van der Waals surface area contributed by atoms with E-state index >= 15 is 0 Å². The number of rotatable bonds is 1. The number of hydrogen-bond donors (Lipinski definition) is 0. The summed E-state index contributed by atoms with van der Waals surface area (Å²) in [6.45, 7) is 11.8. The van der Waals surface area contributed by atoms with Crippen molar-refractivity contribution in [2.75, 3.05) is 11.4 Å². The smallest absolute Gasteiger partial charge is 0.0559 e. The molecule has 0 aromatic heterocycles. The monoisotopic (exact) mass is 219 g/mol. The normalized spacial score (nSPS) is 13.0. The zero-order valence-corrected chi connectivity index (χ0v) is 10.4. The van der Waals surface area contributed by atoms with Gasteiger partial charge in [-0.2, -0.15) is 0 Å². The van der Waals surface area contributed by atoms with Crippen LogP contribution in [0.1, 0.15) is 25.0 Å². The highest BCUT2D eigenvalue weighted by molar-refractivity contribution is 8.10. The van der Waals surface area contributed by atoms with Gasteiger partial charge in [0.05, 0.1) is 5.69 Å². The average Bonchev–Trinajstić information content (AvgIpc) is 2.58. The Kier molecular flexibility index (Phi) is 4.04. The van der Waals surface area contributed by atoms with Crippen molar-refractivity contribution in [2.24, 2.45) is 0 Å². The van der Waals surface area contributed by atoms with Gasteiger partial charge in [0.1, 0.15) is 0 Å². The van der Waals surface area contributed by atoms with E-state index < -0.39 is 0 Å². The molecular weight excluding hydrogens is 202 g/mol. The molecule has 1 aliphatic heterocycles. The summed E-state index contributed by atoms with van der Waals surface area (Å²) in [5.74, 6) is 0. The van der Waals surface area contributed by atoms with Gasteiger partial charge in [0.15, 0.2) is 0 Å². The van der Waals surface area contributed by atoms with Crippen LogP contribution in [0.2, 0.25) is 0 Å². The van der Waals surface area contributed by atoms with Crippen LogP contribution in [-0.4, -0.2) is 7.05 Å². The van der Waals surface area contributed by atoms with Gasteiger partial charge >= 0.3 is 0 Å². The quantitative estimate of drug-likeness (QED) is 0.643. The molecule has 1 aliphatic rings. The summed E-state index contributed by atoms with van der Waals surface area (Å²) >= 11 is 1.67. The van der Waals surface area contributed by atoms with E-state index in [9.17, 15) is 0 Å².